The fourth-order valence-electron chi connectivity index (χ4n) is 3.09. The Morgan fingerprint density at radius 2 is 1.74 bits per heavy atom. The summed E-state index contributed by atoms with van der Waals surface area (Å²) in [5.41, 5.74) is 1.61. The van der Waals surface area contributed by atoms with Gasteiger partial charge in [-0.15, -0.1) is 0 Å². The van der Waals surface area contributed by atoms with Crippen LogP contribution >= 0.6 is 15.9 Å². The number of hydrogen-bond donors (Lipinski definition) is 1. The van der Waals surface area contributed by atoms with Gasteiger partial charge in [-0.1, -0.05) is 15.9 Å². The molecule has 102 valence electrons. The quantitative estimate of drug-likeness (QED) is 0.863. The molecule has 0 radical (unpaired) electrons. The van der Waals surface area contributed by atoms with Gasteiger partial charge in [0, 0.05) is 41.8 Å². The number of anilines is 1. The molecule has 1 amide bonds. The van der Waals surface area contributed by atoms with Gasteiger partial charge in [0.15, 0.2) is 0 Å². The summed E-state index contributed by atoms with van der Waals surface area (Å²) in [5.74, 6) is 0. The number of piperidine rings is 1. The van der Waals surface area contributed by atoms with Gasteiger partial charge in [0.2, 0.25) is 0 Å². The highest BCUT2D eigenvalue weighted by molar-refractivity contribution is 9.10. The van der Waals surface area contributed by atoms with Gasteiger partial charge in [-0.2, -0.15) is 0 Å². The molecule has 1 aromatic rings. The first-order chi connectivity index (χ1) is 9.08. The van der Waals surface area contributed by atoms with Gasteiger partial charge in [-0.3, -0.25) is 0 Å². The van der Waals surface area contributed by atoms with Crippen molar-refractivity contribution in [2.24, 2.45) is 5.41 Å². The molecule has 1 spiro atoms. The van der Waals surface area contributed by atoms with Crippen LogP contribution in [0, 0.1) is 5.41 Å². The molecule has 0 aliphatic carbocycles. The van der Waals surface area contributed by atoms with Gasteiger partial charge in [0.1, 0.15) is 0 Å². The summed E-state index contributed by atoms with van der Waals surface area (Å²) >= 11 is 3.45. The van der Waals surface area contributed by atoms with E-state index < -0.39 is 6.09 Å². The van der Waals surface area contributed by atoms with Crippen LogP contribution in [-0.4, -0.2) is 42.3 Å². The Labute approximate surface area is 121 Å². The molecule has 2 fully saturated rings. The lowest BCUT2D eigenvalue weighted by Crippen LogP contribution is -2.60. The third-order valence-corrected chi connectivity index (χ3v) is 4.87. The number of likely N-dealkylation sites (tertiary alicyclic amines) is 1. The molecule has 19 heavy (non-hydrogen) atoms. The van der Waals surface area contributed by atoms with Crippen LogP contribution in [0.4, 0.5) is 10.5 Å². The van der Waals surface area contributed by atoms with Crippen molar-refractivity contribution in [1.82, 2.24) is 4.90 Å². The highest BCUT2D eigenvalue weighted by Crippen LogP contribution is 2.42. The lowest BCUT2D eigenvalue weighted by Gasteiger charge is -2.54. The number of nitrogens with zero attached hydrogens (tertiary/aromatic N) is 2. The van der Waals surface area contributed by atoms with Crippen LogP contribution in [0.2, 0.25) is 0 Å². The number of carboxylic acid groups (broad SMARTS) is 1. The van der Waals surface area contributed by atoms with E-state index in [-0.39, 0.29) is 0 Å². The minimum Gasteiger partial charge on any atom is -0.465 e. The molecular formula is C14H17BrN2O2. The largest absolute Gasteiger partial charge is 0.465 e. The first kappa shape index (κ1) is 12.8. The third kappa shape index (κ3) is 2.43. The second kappa shape index (κ2) is 4.71. The van der Waals surface area contributed by atoms with Gasteiger partial charge in [-0.25, -0.2) is 4.79 Å². The van der Waals surface area contributed by atoms with Crippen molar-refractivity contribution in [3.05, 3.63) is 28.7 Å². The van der Waals surface area contributed by atoms with E-state index in [0.717, 1.165) is 30.4 Å². The fraction of sp³-hybridized carbons (Fsp3) is 0.500. The molecule has 2 heterocycles. The number of carbonyl (C=O) groups is 1. The number of rotatable bonds is 1. The van der Waals surface area contributed by atoms with Crippen molar-refractivity contribution >= 4 is 27.7 Å². The average molecular weight is 325 g/mol. The van der Waals surface area contributed by atoms with E-state index in [4.69, 9.17) is 5.11 Å². The van der Waals surface area contributed by atoms with Crippen LogP contribution in [0.1, 0.15) is 12.8 Å². The molecule has 0 unspecified atom stereocenters. The Kier molecular flexibility index (Phi) is 3.17. The number of amides is 1. The third-order valence-electron chi connectivity index (χ3n) is 4.34. The second-order valence-electron chi connectivity index (χ2n) is 5.60. The number of benzene rings is 1. The summed E-state index contributed by atoms with van der Waals surface area (Å²) in [7, 11) is 0. The molecule has 0 atom stereocenters. The van der Waals surface area contributed by atoms with Crippen LogP contribution in [0.5, 0.6) is 0 Å². The maximum absolute atomic E-state index is 10.9. The smallest absolute Gasteiger partial charge is 0.407 e. The summed E-state index contributed by atoms with van der Waals surface area (Å²) in [6, 6.07) is 8.38. The molecule has 5 heteroatoms. The van der Waals surface area contributed by atoms with E-state index in [2.05, 4.69) is 45.1 Å². The second-order valence-corrected chi connectivity index (χ2v) is 6.52. The Bertz CT molecular complexity index is 473. The molecule has 2 aliphatic heterocycles. The van der Waals surface area contributed by atoms with Gasteiger partial charge in [-0.05, 0) is 37.1 Å². The first-order valence-electron chi connectivity index (χ1n) is 6.56. The standard InChI is InChI=1S/C14H17BrN2O2/c15-11-1-3-12(4-2-11)17-9-14(10-17)5-7-16(8-6-14)13(18)19/h1-4H,5-10H2,(H,18,19). The zero-order chi connectivity index (χ0) is 13.5. The molecular weight excluding hydrogens is 308 g/mol. The van der Waals surface area contributed by atoms with Gasteiger partial charge < -0.3 is 14.9 Å². The van der Waals surface area contributed by atoms with Crippen LogP contribution < -0.4 is 4.90 Å². The van der Waals surface area contributed by atoms with Crippen molar-refractivity contribution in [1.29, 1.82) is 0 Å². The zero-order valence-electron chi connectivity index (χ0n) is 10.7. The maximum Gasteiger partial charge on any atom is 0.407 e. The first-order valence-corrected chi connectivity index (χ1v) is 7.36. The van der Waals surface area contributed by atoms with Gasteiger partial charge in [0.25, 0.3) is 0 Å². The topological polar surface area (TPSA) is 43.8 Å². The average Bonchev–Trinajstić information content (AvgIpc) is 2.37. The summed E-state index contributed by atoms with van der Waals surface area (Å²) < 4.78 is 1.10. The lowest BCUT2D eigenvalue weighted by atomic mass is 9.72. The summed E-state index contributed by atoms with van der Waals surface area (Å²) in [5, 5.41) is 8.97. The molecule has 1 N–H and O–H groups in total. The Hall–Kier alpha value is -1.23. The van der Waals surface area contributed by atoms with Crippen molar-refractivity contribution in [2.75, 3.05) is 31.1 Å². The summed E-state index contributed by atoms with van der Waals surface area (Å²) in [6.07, 6.45) is 1.21. The molecule has 0 saturated carbocycles. The molecule has 2 saturated heterocycles. The monoisotopic (exact) mass is 324 g/mol. The molecule has 1 aromatic carbocycles. The highest BCUT2D eigenvalue weighted by Gasteiger charge is 2.45. The predicted molar refractivity (Wildman–Crippen MR) is 77.6 cm³/mol. The SMILES string of the molecule is O=C(O)N1CCC2(CC1)CN(c1ccc(Br)cc1)C2. The van der Waals surface area contributed by atoms with Crippen LogP contribution in [0.3, 0.4) is 0 Å². The lowest BCUT2D eigenvalue weighted by molar-refractivity contribution is 0.0710. The fourth-order valence-corrected chi connectivity index (χ4v) is 3.35. The van der Waals surface area contributed by atoms with Crippen LogP contribution in [-0.2, 0) is 0 Å². The highest BCUT2D eigenvalue weighted by atomic mass is 79.9. The zero-order valence-corrected chi connectivity index (χ0v) is 12.3. The van der Waals surface area contributed by atoms with Crippen molar-refractivity contribution in [2.45, 2.75) is 12.8 Å². The molecule has 0 aromatic heterocycles. The van der Waals surface area contributed by atoms with E-state index in [1.807, 2.05) is 0 Å². The minimum atomic E-state index is -0.779. The van der Waals surface area contributed by atoms with Crippen molar-refractivity contribution in [3.63, 3.8) is 0 Å². The maximum atomic E-state index is 10.9. The Morgan fingerprint density at radius 1 is 1.16 bits per heavy atom. The summed E-state index contributed by atoms with van der Waals surface area (Å²) in [6.45, 7) is 3.48. The molecule has 3 rings (SSSR count). The minimum absolute atomic E-state index is 0.346. The van der Waals surface area contributed by atoms with E-state index in [0.29, 0.717) is 18.5 Å². The van der Waals surface area contributed by atoms with Gasteiger partial charge >= 0.3 is 6.09 Å². The summed E-state index contributed by atoms with van der Waals surface area (Å²) in [4.78, 5) is 14.8. The molecule has 4 nitrogen and oxygen atoms in total. The Morgan fingerprint density at radius 3 is 2.26 bits per heavy atom. The van der Waals surface area contributed by atoms with E-state index in [9.17, 15) is 4.79 Å². The van der Waals surface area contributed by atoms with Crippen LogP contribution in [0.15, 0.2) is 28.7 Å². The predicted octanol–water partition coefficient (Wildman–Crippen LogP) is 3.03. The van der Waals surface area contributed by atoms with Crippen molar-refractivity contribution < 1.29 is 9.90 Å². The molecule has 2 aliphatic rings. The van der Waals surface area contributed by atoms with E-state index in [1.54, 1.807) is 0 Å². The van der Waals surface area contributed by atoms with E-state index in [1.165, 1.54) is 10.6 Å². The number of halogens is 1. The van der Waals surface area contributed by atoms with Crippen LogP contribution in [0.25, 0.3) is 0 Å². The Balaban J connectivity index is 1.58. The van der Waals surface area contributed by atoms with Gasteiger partial charge in [0.05, 0.1) is 0 Å². The number of hydrogen-bond acceptors (Lipinski definition) is 2. The molecule has 0 bridgehead atoms. The normalized spacial score (nSPS) is 21.3. The van der Waals surface area contributed by atoms with E-state index >= 15 is 0 Å². The van der Waals surface area contributed by atoms with Crippen molar-refractivity contribution in [3.8, 4) is 0 Å².